The smallest absolute Gasteiger partial charge is 0.249 e. The summed E-state index contributed by atoms with van der Waals surface area (Å²) in [7, 11) is 0. The zero-order chi connectivity index (χ0) is 16.8. The van der Waals surface area contributed by atoms with Crippen LogP contribution in [-0.2, 0) is 22.5 Å². The first-order chi connectivity index (χ1) is 11.7. The number of carbonyl (C=O) groups is 1. The van der Waals surface area contributed by atoms with E-state index in [9.17, 15) is 9.18 Å². The molecular weight excluding hydrogens is 305 g/mol. The molecule has 0 aromatic heterocycles. The van der Waals surface area contributed by atoms with Gasteiger partial charge in [0.15, 0.2) is 0 Å². The first-order valence-corrected chi connectivity index (χ1v) is 8.38. The maximum absolute atomic E-state index is 13.3. The first-order valence-electron chi connectivity index (χ1n) is 8.38. The summed E-state index contributed by atoms with van der Waals surface area (Å²) in [5.74, 6) is -0.287. The van der Waals surface area contributed by atoms with Crippen LogP contribution in [0.2, 0.25) is 0 Å². The standard InChI is InChI=1S/C20H22FNO2/c21-18-8-4-7-17(13-18)14-22(19-9-10-19)20(23)15-24-12-11-16-5-2-1-3-6-16/h1-8,13,19H,9-12,14-15H2. The second-order valence-corrected chi connectivity index (χ2v) is 6.17. The number of nitrogens with zero attached hydrogens (tertiary/aromatic N) is 1. The quantitative estimate of drug-likeness (QED) is 0.694. The Labute approximate surface area is 142 Å². The van der Waals surface area contributed by atoms with Crippen LogP contribution in [0, 0.1) is 5.82 Å². The molecule has 2 aromatic rings. The summed E-state index contributed by atoms with van der Waals surface area (Å²) < 4.78 is 18.9. The van der Waals surface area contributed by atoms with Crippen LogP contribution >= 0.6 is 0 Å². The Kier molecular flexibility index (Phi) is 5.59. The molecule has 0 unspecified atom stereocenters. The van der Waals surface area contributed by atoms with Gasteiger partial charge in [-0.15, -0.1) is 0 Å². The highest BCUT2D eigenvalue weighted by atomic mass is 19.1. The summed E-state index contributed by atoms with van der Waals surface area (Å²) in [4.78, 5) is 14.2. The molecule has 0 bridgehead atoms. The summed E-state index contributed by atoms with van der Waals surface area (Å²) >= 11 is 0. The van der Waals surface area contributed by atoms with E-state index in [1.165, 1.54) is 17.7 Å². The van der Waals surface area contributed by atoms with Crippen LogP contribution in [0.4, 0.5) is 4.39 Å². The van der Waals surface area contributed by atoms with E-state index >= 15 is 0 Å². The van der Waals surface area contributed by atoms with Crippen molar-refractivity contribution in [2.45, 2.75) is 31.8 Å². The highest BCUT2D eigenvalue weighted by molar-refractivity contribution is 5.78. The minimum Gasteiger partial charge on any atom is -0.371 e. The van der Waals surface area contributed by atoms with Crippen molar-refractivity contribution in [2.75, 3.05) is 13.2 Å². The highest BCUT2D eigenvalue weighted by Gasteiger charge is 2.32. The number of hydrogen-bond acceptors (Lipinski definition) is 2. The van der Waals surface area contributed by atoms with Gasteiger partial charge in [-0.2, -0.15) is 0 Å². The SMILES string of the molecule is O=C(COCCc1ccccc1)N(Cc1cccc(F)c1)C1CC1. The number of carbonyl (C=O) groups excluding carboxylic acids is 1. The molecule has 1 aliphatic carbocycles. The maximum atomic E-state index is 13.3. The van der Waals surface area contributed by atoms with Crippen molar-refractivity contribution in [1.82, 2.24) is 4.90 Å². The summed E-state index contributed by atoms with van der Waals surface area (Å²) in [5, 5.41) is 0. The molecule has 24 heavy (non-hydrogen) atoms. The first kappa shape index (κ1) is 16.7. The second kappa shape index (κ2) is 8.06. The third kappa shape index (κ3) is 4.90. The molecule has 3 nitrogen and oxygen atoms in total. The van der Waals surface area contributed by atoms with Crippen LogP contribution in [0.1, 0.15) is 24.0 Å². The van der Waals surface area contributed by atoms with Crippen LogP contribution in [0.25, 0.3) is 0 Å². The molecule has 0 spiro atoms. The Morgan fingerprint density at radius 1 is 1.08 bits per heavy atom. The van der Waals surface area contributed by atoms with E-state index < -0.39 is 0 Å². The third-order valence-corrected chi connectivity index (χ3v) is 4.15. The number of amides is 1. The zero-order valence-electron chi connectivity index (χ0n) is 13.7. The fourth-order valence-corrected chi connectivity index (χ4v) is 2.72. The number of benzene rings is 2. The summed E-state index contributed by atoms with van der Waals surface area (Å²) in [6, 6.07) is 16.8. The molecule has 2 aromatic carbocycles. The molecule has 0 N–H and O–H groups in total. The lowest BCUT2D eigenvalue weighted by molar-refractivity contribution is -0.137. The van der Waals surface area contributed by atoms with E-state index in [-0.39, 0.29) is 24.4 Å². The fraction of sp³-hybridized carbons (Fsp3) is 0.350. The molecule has 1 saturated carbocycles. The van der Waals surface area contributed by atoms with Gasteiger partial charge in [-0.25, -0.2) is 4.39 Å². The number of rotatable bonds is 8. The van der Waals surface area contributed by atoms with E-state index in [0.717, 1.165) is 24.8 Å². The molecule has 1 aliphatic rings. The average Bonchev–Trinajstić information content (AvgIpc) is 3.42. The van der Waals surface area contributed by atoms with Gasteiger partial charge in [-0.05, 0) is 42.5 Å². The molecule has 0 saturated heterocycles. The van der Waals surface area contributed by atoms with Crippen molar-refractivity contribution in [1.29, 1.82) is 0 Å². The van der Waals surface area contributed by atoms with E-state index in [1.807, 2.05) is 41.3 Å². The topological polar surface area (TPSA) is 29.5 Å². The molecule has 3 rings (SSSR count). The minimum absolute atomic E-state index is 0.0187. The summed E-state index contributed by atoms with van der Waals surface area (Å²) in [6.45, 7) is 1.05. The van der Waals surface area contributed by atoms with Crippen molar-refractivity contribution in [3.05, 3.63) is 71.5 Å². The lowest BCUT2D eigenvalue weighted by atomic mass is 10.2. The molecule has 1 fully saturated rings. The van der Waals surface area contributed by atoms with Crippen LogP contribution in [0.3, 0.4) is 0 Å². The second-order valence-electron chi connectivity index (χ2n) is 6.17. The molecule has 1 amide bonds. The fourth-order valence-electron chi connectivity index (χ4n) is 2.72. The van der Waals surface area contributed by atoms with Crippen molar-refractivity contribution in [3.8, 4) is 0 Å². The number of ether oxygens (including phenoxy) is 1. The maximum Gasteiger partial charge on any atom is 0.249 e. The van der Waals surface area contributed by atoms with E-state index in [0.29, 0.717) is 13.2 Å². The monoisotopic (exact) mass is 327 g/mol. The van der Waals surface area contributed by atoms with E-state index in [1.54, 1.807) is 6.07 Å². The van der Waals surface area contributed by atoms with Gasteiger partial charge in [-0.1, -0.05) is 42.5 Å². The molecule has 0 aliphatic heterocycles. The van der Waals surface area contributed by atoms with Gasteiger partial charge in [0, 0.05) is 12.6 Å². The Morgan fingerprint density at radius 2 is 1.83 bits per heavy atom. The Morgan fingerprint density at radius 3 is 2.54 bits per heavy atom. The highest BCUT2D eigenvalue weighted by Crippen LogP contribution is 2.28. The Hall–Kier alpha value is -2.20. The number of halogens is 1. The van der Waals surface area contributed by atoms with Gasteiger partial charge in [0.05, 0.1) is 6.61 Å². The Balaban J connectivity index is 1.48. The van der Waals surface area contributed by atoms with Crippen molar-refractivity contribution < 1.29 is 13.9 Å². The third-order valence-electron chi connectivity index (χ3n) is 4.15. The molecule has 4 heteroatoms. The summed E-state index contributed by atoms with van der Waals surface area (Å²) in [6.07, 6.45) is 2.83. The minimum atomic E-state index is -0.269. The van der Waals surface area contributed by atoms with Gasteiger partial charge in [-0.3, -0.25) is 4.79 Å². The molecule has 0 radical (unpaired) electrons. The predicted octanol–water partition coefficient (Wildman–Crippen LogP) is 3.58. The molecule has 0 atom stereocenters. The van der Waals surface area contributed by atoms with Gasteiger partial charge in [0.25, 0.3) is 0 Å². The van der Waals surface area contributed by atoms with Crippen molar-refractivity contribution >= 4 is 5.91 Å². The summed E-state index contributed by atoms with van der Waals surface area (Å²) in [5.41, 5.74) is 2.02. The van der Waals surface area contributed by atoms with Crippen molar-refractivity contribution in [2.24, 2.45) is 0 Å². The zero-order valence-corrected chi connectivity index (χ0v) is 13.7. The normalized spacial score (nSPS) is 13.7. The number of hydrogen-bond donors (Lipinski definition) is 0. The van der Waals surface area contributed by atoms with Gasteiger partial charge in [0.1, 0.15) is 12.4 Å². The predicted molar refractivity (Wildman–Crippen MR) is 90.9 cm³/mol. The van der Waals surface area contributed by atoms with Crippen LogP contribution in [-0.4, -0.2) is 30.1 Å². The average molecular weight is 327 g/mol. The van der Waals surface area contributed by atoms with E-state index in [4.69, 9.17) is 4.74 Å². The van der Waals surface area contributed by atoms with E-state index in [2.05, 4.69) is 0 Å². The van der Waals surface area contributed by atoms with Gasteiger partial charge >= 0.3 is 0 Å². The van der Waals surface area contributed by atoms with Gasteiger partial charge in [0.2, 0.25) is 5.91 Å². The van der Waals surface area contributed by atoms with Crippen LogP contribution < -0.4 is 0 Å². The van der Waals surface area contributed by atoms with Crippen LogP contribution in [0.5, 0.6) is 0 Å². The van der Waals surface area contributed by atoms with Crippen molar-refractivity contribution in [3.63, 3.8) is 0 Å². The van der Waals surface area contributed by atoms with Gasteiger partial charge < -0.3 is 9.64 Å². The lowest BCUT2D eigenvalue weighted by Gasteiger charge is -2.22. The Bertz CT molecular complexity index is 670. The molecule has 0 heterocycles. The lowest BCUT2D eigenvalue weighted by Crippen LogP contribution is -2.35. The molecular formula is C20H22FNO2. The van der Waals surface area contributed by atoms with Crippen LogP contribution in [0.15, 0.2) is 54.6 Å². The molecule has 126 valence electrons. The largest absolute Gasteiger partial charge is 0.371 e.